The molecular weight excluding hydrogens is 384 g/mol. The van der Waals surface area contributed by atoms with E-state index in [2.05, 4.69) is 9.89 Å². The second kappa shape index (κ2) is 8.77. The molecule has 156 valence electrons. The first kappa shape index (κ1) is 20.3. The van der Waals surface area contributed by atoms with E-state index in [1.165, 1.54) is 6.07 Å². The average Bonchev–Trinajstić information content (AvgIpc) is 2.75. The summed E-state index contributed by atoms with van der Waals surface area (Å²) < 4.78 is 10.7. The highest BCUT2D eigenvalue weighted by Crippen LogP contribution is 2.35. The summed E-state index contributed by atoms with van der Waals surface area (Å²) in [5.41, 5.74) is 1.38. The Morgan fingerprint density at radius 1 is 1.17 bits per heavy atom. The molecule has 1 saturated heterocycles. The first-order chi connectivity index (χ1) is 14.6. The Morgan fingerprint density at radius 3 is 2.70 bits per heavy atom. The van der Waals surface area contributed by atoms with E-state index in [-0.39, 0.29) is 5.75 Å². The normalized spacial score (nSPS) is 15.4. The van der Waals surface area contributed by atoms with Crippen LogP contribution in [0.1, 0.15) is 27.9 Å². The van der Waals surface area contributed by atoms with Crippen LogP contribution in [0, 0.1) is 6.92 Å². The maximum absolute atomic E-state index is 11.9. The van der Waals surface area contributed by atoms with Crippen molar-refractivity contribution in [3.8, 4) is 5.75 Å². The van der Waals surface area contributed by atoms with E-state index < -0.39 is 5.63 Å². The van der Waals surface area contributed by atoms with Crippen molar-refractivity contribution in [1.82, 2.24) is 4.90 Å². The Labute approximate surface area is 173 Å². The predicted molar refractivity (Wildman–Crippen MR) is 116 cm³/mol. The number of hydrogen-bond donors (Lipinski definition) is 1. The molecule has 1 aliphatic rings. The van der Waals surface area contributed by atoms with Gasteiger partial charge in [-0.3, -0.25) is 14.7 Å². The number of phenols is 1. The number of carbonyl (C=O) groups excluding carboxylic acids is 1. The highest BCUT2D eigenvalue weighted by atomic mass is 16.5. The van der Waals surface area contributed by atoms with E-state index in [4.69, 9.17) is 9.15 Å². The Hall–Kier alpha value is -3.03. The molecule has 4 rings (SSSR count). The lowest BCUT2D eigenvalue weighted by molar-refractivity contribution is 0.0377. The minimum Gasteiger partial charge on any atom is -0.507 e. The molecule has 3 aromatic rings. The number of aryl methyl sites for hydroxylation is 1. The number of ether oxygens (including phenoxy) is 1. The quantitative estimate of drug-likeness (QED) is 0.222. The fourth-order valence-corrected chi connectivity index (χ4v) is 3.90. The molecule has 0 spiro atoms. The molecule has 7 nitrogen and oxygen atoms in total. The van der Waals surface area contributed by atoms with Crippen molar-refractivity contribution >= 4 is 34.2 Å². The number of morpholine rings is 1. The highest BCUT2D eigenvalue weighted by Gasteiger charge is 2.16. The third kappa shape index (κ3) is 3.99. The summed E-state index contributed by atoms with van der Waals surface area (Å²) in [6, 6.07) is 6.51. The average molecular weight is 408 g/mol. The van der Waals surface area contributed by atoms with E-state index in [1.54, 1.807) is 24.4 Å². The van der Waals surface area contributed by atoms with Crippen molar-refractivity contribution < 1.29 is 19.1 Å². The van der Waals surface area contributed by atoms with Gasteiger partial charge in [-0.25, -0.2) is 4.79 Å². The fraction of sp³-hybridized carbons (Fsp3) is 0.348. The summed E-state index contributed by atoms with van der Waals surface area (Å²) in [5, 5.41) is 12.4. The molecule has 1 aliphatic heterocycles. The molecule has 2 heterocycles. The van der Waals surface area contributed by atoms with Crippen LogP contribution in [0.15, 0.2) is 38.5 Å². The van der Waals surface area contributed by atoms with E-state index in [0.717, 1.165) is 50.2 Å². The van der Waals surface area contributed by atoms with Crippen LogP contribution in [-0.4, -0.2) is 61.9 Å². The van der Waals surface area contributed by atoms with Gasteiger partial charge in [0.15, 0.2) is 6.29 Å². The third-order valence-corrected chi connectivity index (χ3v) is 5.47. The lowest BCUT2D eigenvalue weighted by atomic mass is 9.97. The first-order valence-corrected chi connectivity index (χ1v) is 10.1. The molecule has 0 unspecified atom stereocenters. The summed E-state index contributed by atoms with van der Waals surface area (Å²) in [5.74, 6) is 0.0126. The molecule has 0 saturated carbocycles. The Bertz CT molecular complexity index is 1180. The number of aromatic hydroxyl groups is 1. The van der Waals surface area contributed by atoms with Crippen molar-refractivity contribution in [3.63, 3.8) is 0 Å². The molecule has 0 aliphatic carbocycles. The number of rotatable bonds is 6. The van der Waals surface area contributed by atoms with Crippen LogP contribution in [0.3, 0.4) is 0 Å². The molecule has 30 heavy (non-hydrogen) atoms. The van der Waals surface area contributed by atoms with E-state index >= 15 is 0 Å². The van der Waals surface area contributed by atoms with E-state index in [0.29, 0.717) is 40.3 Å². The smallest absolute Gasteiger partial charge is 0.336 e. The number of fused-ring (bicyclic) bond motifs is 3. The van der Waals surface area contributed by atoms with Crippen LogP contribution in [0.2, 0.25) is 0 Å². The lowest BCUT2D eigenvalue weighted by Crippen LogP contribution is -2.37. The van der Waals surface area contributed by atoms with Gasteiger partial charge in [-0.15, -0.1) is 0 Å². The van der Waals surface area contributed by atoms with Crippen LogP contribution in [0.5, 0.6) is 5.75 Å². The molecule has 0 bridgehead atoms. The SMILES string of the molecule is Cc1cc(=O)oc2c1ccc1c(O)c(C=NCCCN3CCOCC3)cc(C=O)c12. The van der Waals surface area contributed by atoms with Gasteiger partial charge in [0.05, 0.1) is 13.2 Å². The minimum atomic E-state index is -0.491. The zero-order valence-electron chi connectivity index (χ0n) is 16.9. The van der Waals surface area contributed by atoms with Gasteiger partial charge in [0, 0.05) is 65.7 Å². The zero-order chi connectivity index (χ0) is 21.1. The Morgan fingerprint density at radius 2 is 1.93 bits per heavy atom. The second-order valence-electron chi connectivity index (χ2n) is 7.48. The topological polar surface area (TPSA) is 92.3 Å². The van der Waals surface area contributed by atoms with E-state index in [9.17, 15) is 14.7 Å². The number of nitrogens with zero attached hydrogens (tertiary/aromatic N) is 2. The molecule has 1 aromatic heterocycles. The van der Waals surface area contributed by atoms with Crippen LogP contribution in [-0.2, 0) is 4.74 Å². The molecular formula is C23H24N2O5. The molecule has 1 fully saturated rings. The molecule has 2 aromatic carbocycles. The van der Waals surface area contributed by atoms with Gasteiger partial charge in [0.2, 0.25) is 0 Å². The van der Waals surface area contributed by atoms with Crippen molar-refractivity contribution in [2.45, 2.75) is 13.3 Å². The number of aldehydes is 1. The van der Waals surface area contributed by atoms with E-state index in [1.807, 2.05) is 6.92 Å². The van der Waals surface area contributed by atoms with Gasteiger partial charge in [0.1, 0.15) is 11.3 Å². The van der Waals surface area contributed by atoms with Gasteiger partial charge in [-0.05, 0) is 31.0 Å². The van der Waals surface area contributed by atoms with Crippen molar-refractivity contribution in [2.24, 2.45) is 4.99 Å². The monoisotopic (exact) mass is 408 g/mol. The largest absolute Gasteiger partial charge is 0.507 e. The lowest BCUT2D eigenvalue weighted by Gasteiger charge is -2.26. The fourth-order valence-electron chi connectivity index (χ4n) is 3.90. The zero-order valence-corrected chi connectivity index (χ0v) is 16.9. The van der Waals surface area contributed by atoms with Crippen LogP contribution in [0.4, 0.5) is 0 Å². The first-order valence-electron chi connectivity index (χ1n) is 10.1. The molecule has 0 atom stereocenters. The summed E-state index contributed by atoms with van der Waals surface area (Å²) in [4.78, 5) is 30.4. The number of phenolic OH excluding ortho intramolecular Hbond substituents is 1. The van der Waals surface area contributed by atoms with Gasteiger partial charge in [0.25, 0.3) is 0 Å². The van der Waals surface area contributed by atoms with Gasteiger partial charge in [-0.1, -0.05) is 6.07 Å². The van der Waals surface area contributed by atoms with Gasteiger partial charge in [-0.2, -0.15) is 0 Å². The maximum Gasteiger partial charge on any atom is 0.336 e. The van der Waals surface area contributed by atoms with Gasteiger partial charge < -0.3 is 14.3 Å². The summed E-state index contributed by atoms with van der Waals surface area (Å²) >= 11 is 0. The minimum absolute atomic E-state index is 0.0126. The molecule has 1 N–H and O–H groups in total. The Kier molecular flexibility index (Phi) is 5.92. The van der Waals surface area contributed by atoms with Crippen molar-refractivity contribution in [3.05, 3.63) is 51.4 Å². The summed E-state index contributed by atoms with van der Waals surface area (Å²) in [6.07, 6.45) is 3.21. The third-order valence-electron chi connectivity index (χ3n) is 5.47. The van der Waals surface area contributed by atoms with Crippen LogP contribution in [0.25, 0.3) is 21.7 Å². The van der Waals surface area contributed by atoms with Crippen LogP contribution < -0.4 is 5.63 Å². The number of carbonyl (C=O) groups is 1. The van der Waals surface area contributed by atoms with Crippen molar-refractivity contribution in [1.29, 1.82) is 0 Å². The number of benzene rings is 2. The summed E-state index contributed by atoms with van der Waals surface area (Å²) in [6.45, 7) is 6.83. The number of aliphatic imine (C=N–C) groups is 1. The predicted octanol–water partition coefficient (Wildman–Crippen LogP) is 2.91. The van der Waals surface area contributed by atoms with Crippen molar-refractivity contribution in [2.75, 3.05) is 39.4 Å². The standard InChI is InChI=1S/C23H24N2O5/c1-15-11-20(27)30-23-18(15)3-4-19-21(23)17(14-26)12-16(22(19)28)13-24-5-2-6-25-7-9-29-10-8-25/h3-4,11-14,28H,2,5-10H2,1H3. The highest BCUT2D eigenvalue weighted by molar-refractivity contribution is 6.15. The summed E-state index contributed by atoms with van der Waals surface area (Å²) in [7, 11) is 0. The van der Waals surface area contributed by atoms with Gasteiger partial charge >= 0.3 is 5.63 Å². The Balaban J connectivity index is 1.63. The second-order valence-corrected chi connectivity index (χ2v) is 7.48. The molecule has 0 radical (unpaired) electrons. The number of hydrogen-bond acceptors (Lipinski definition) is 7. The molecule has 0 amide bonds. The maximum atomic E-state index is 11.9. The molecule has 7 heteroatoms. The van der Waals surface area contributed by atoms with Crippen LogP contribution >= 0.6 is 0 Å².